The van der Waals surface area contributed by atoms with Crippen LogP contribution in [0.2, 0.25) is 0 Å². The molecule has 4 rings (SSSR count). The number of ether oxygens (including phenoxy) is 1. The first kappa shape index (κ1) is 24.4. The van der Waals surface area contributed by atoms with Crippen molar-refractivity contribution in [2.45, 2.75) is 57.5 Å². The van der Waals surface area contributed by atoms with E-state index in [0.717, 1.165) is 28.7 Å². The molecule has 2 heterocycles. The van der Waals surface area contributed by atoms with Crippen molar-refractivity contribution < 1.29 is 13.9 Å². The number of aromatic nitrogens is 3. The van der Waals surface area contributed by atoms with Crippen molar-refractivity contribution in [2.24, 2.45) is 0 Å². The molecule has 34 heavy (non-hydrogen) atoms. The minimum absolute atomic E-state index is 0.0539. The van der Waals surface area contributed by atoms with Gasteiger partial charge in [0.1, 0.15) is 5.82 Å². The van der Waals surface area contributed by atoms with Gasteiger partial charge in [-0.15, -0.1) is 0 Å². The van der Waals surface area contributed by atoms with Crippen molar-refractivity contribution in [2.75, 3.05) is 6.61 Å². The number of carbonyl (C=O) groups excluding carboxylic acids is 1. The molecule has 1 amide bonds. The number of hydrogen-bond acceptors (Lipinski definition) is 5. The summed E-state index contributed by atoms with van der Waals surface area (Å²) in [5.74, 6) is -0.640. The summed E-state index contributed by atoms with van der Waals surface area (Å²) in [5, 5.41) is 2.92. The Balaban J connectivity index is 1.66. The molecule has 0 saturated heterocycles. The number of unbranched alkanes of at least 4 members (excludes halogenated alkanes) is 1. The molecule has 0 atom stereocenters. The van der Waals surface area contributed by atoms with Crippen LogP contribution >= 0.6 is 22.6 Å². The van der Waals surface area contributed by atoms with E-state index in [2.05, 4.69) is 32.9 Å². The monoisotopic (exact) mass is 580 g/mol. The Morgan fingerprint density at radius 2 is 2.00 bits per heavy atom. The van der Waals surface area contributed by atoms with E-state index in [0.29, 0.717) is 38.0 Å². The molecular formula is C24H26FIN4O4. The van der Waals surface area contributed by atoms with E-state index in [-0.39, 0.29) is 23.1 Å². The van der Waals surface area contributed by atoms with Crippen molar-refractivity contribution in [3.05, 3.63) is 66.8 Å². The van der Waals surface area contributed by atoms with Gasteiger partial charge in [0, 0.05) is 15.7 Å². The minimum atomic E-state index is -0.640. The van der Waals surface area contributed by atoms with E-state index in [1.165, 1.54) is 9.13 Å². The highest BCUT2D eigenvalue weighted by atomic mass is 127. The lowest BCUT2D eigenvalue weighted by Crippen LogP contribution is -2.45. The quantitative estimate of drug-likeness (QED) is 0.347. The molecule has 0 aliphatic heterocycles. The third-order valence-electron chi connectivity index (χ3n) is 6.07. The summed E-state index contributed by atoms with van der Waals surface area (Å²) in [7, 11) is 0. The highest BCUT2D eigenvalue weighted by Crippen LogP contribution is 2.27. The third kappa shape index (κ3) is 5.16. The van der Waals surface area contributed by atoms with Gasteiger partial charge in [-0.3, -0.25) is 9.36 Å². The summed E-state index contributed by atoms with van der Waals surface area (Å²) >= 11 is 2.14. The van der Waals surface area contributed by atoms with E-state index in [4.69, 9.17) is 4.74 Å². The zero-order chi connectivity index (χ0) is 24.2. The zero-order valence-corrected chi connectivity index (χ0v) is 21.0. The molecule has 1 saturated carbocycles. The molecule has 10 heteroatoms. The summed E-state index contributed by atoms with van der Waals surface area (Å²) in [5.41, 5.74) is -0.377. The number of pyridine rings is 1. The average Bonchev–Trinajstić information content (AvgIpc) is 2.81. The van der Waals surface area contributed by atoms with Crippen LogP contribution in [0.15, 0.2) is 46.1 Å². The molecule has 0 bridgehead atoms. The van der Waals surface area contributed by atoms with E-state index < -0.39 is 23.2 Å². The van der Waals surface area contributed by atoms with Crippen LogP contribution in [0.1, 0.15) is 51.5 Å². The highest BCUT2D eigenvalue weighted by molar-refractivity contribution is 14.1. The Bertz CT molecular complexity index is 1310. The highest BCUT2D eigenvalue weighted by Gasteiger charge is 2.28. The maximum atomic E-state index is 14.0. The smallest absolute Gasteiger partial charge is 0.407 e. The van der Waals surface area contributed by atoms with E-state index >= 15 is 0 Å². The Morgan fingerprint density at radius 1 is 1.24 bits per heavy atom. The molecule has 8 nitrogen and oxygen atoms in total. The molecule has 1 fully saturated rings. The maximum absolute atomic E-state index is 14.0. The summed E-state index contributed by atoms with van der Waals surface area (Å²) in [6.45, 7) is 2.40. The molecule has 0 spiro atoms. The fourth-order valence-corrected chi connectivity index (χ4v) is 4.88. The topological polar surface area (TPSA) is 95.2 Å². The first-order valence-electron chi connectivity index (χ1n) is 11.4. The second kappa shape index (κ2) is 10.7. The van der Waals surface area contributed by atoms with Gasteiger partial charge < -0.3 is 10.1 Å². The second-order valence-electron chi connectivity index (χ2n) is 8.44. The number of alkyl carbamates (subject to hydrolysis) is 1. The normalized spacial score (nSPS) is 18.1. The van der Waals surface area contributed by atoms with Gasteiger partial charge in [0.25, 0.3) is 5.56 Å². The SMILES string of the molecule is CCCCOC(=O)NC1CCC(n2c(=O)c3cc(F)cnc3n(-c3cccc(I)c3)c2=O)CC1. The largest absolute Gasteiger partial charge is 0.450 e. The predicted octanol–water partition coefficient (Wildman–Crippen LogP) is 4.30. The van der Waals surface area contributed by atoms with Crippen molar-refractivity contribution in [1.29, 1.82) is 0 Å². The number of fused-ring (bicyclic) bond motifs is 1. The number of halogens is 2. The average molecular weight is 580 g/mol. The summed E-state index contributed by atoms with van der Waals surface area (Å²) < 4.78 is 22.7. The van der Waals surface area contributed by atoms with Gasteiger partial charge in [0.2, 0.25) is 0 Å². The van der Waals surface area contributed by atoms with Crippen molar-refractivity contribution in [3.8, 4) is 5.69 Å². The molecule has 2 aromatic heterocycles. The van der Waals surface area contributed by atoms with E-state index in [9.17, 15) is 18.8 Å². The van der Waals surface area contributed by atoms with Gasteiger partial charge in [0.05, 0.1) is 23.9 Å². The molecule has 3 aromatic rings. The number of amides is 1. The summed E-state index contributed by atoms with van der Waals surface area (Å²) in [6, 6.07) is 7.95. The van der Waals surface area contributed by atoms with E-state index in [1.807, 2.05) is 25.1 Å². The molecule has 0 radical (unpaired) electrons. The lowest BCUT2D eigenvalue weighted by Gasteiger charge is -2.30. The van der Waals surface area contributed by atoms with Crippen LogP contribution in [0.5, 0.6) is 0 Å². The van der Waals surface area contributed by atoms with Gasteiger partial charge >= 0.3 is 11.8 Å². The number of rotatable bonds is 6. The standard InChI is InChI=1S/C24H26FIN4O4/c1-2-3-11-34-23(32)28-17-7-9-18(10-8-17)30-22(31)20-12-15(25)14-27-21(20)29(24(30)33)19-6-4-5-16(26)13-19/h4-6,12-14,17-18H,2-3,7-11H2,1H3,(H,28,32). The lowest BCUT2D eigenvalue weighted by atomic mass is 9.91. The number of carbonyl (C=O) groups is 1. The van der Waals surface area contributed by atoms with Crippen LogP contribution in [-0.2, 0) is 4.74 Å². The Labute approximate surface area is 209 Å². The van der Waals surface area contributed by atoms with Crippen LogP contribution in [0, 0.1) is 9.39 Å². The zero-order valence-electron chi connectivity index (χ0n) is 18.8. The fraction of sp³-hybridized carbons (Fsp3) is 0.417. The third-order valence-corrected chi connectivity index (χ3v) is 6.74. The number of hydrogen-bond donors (Lipinski definition) is 1. The van der Waals surface area contributed by atoms with Crippen LogP contribution in [0.4, 0.5) is 9.18 Å². The van der Waals surface area contributed by atoms with Gasteiger partial charge in [-0.05, 0) is 79.0 Å². The van der Waals surface area contributed by atoms with Crippen LogP contribution in [-0.4, -0.2) is 32.9 Å². The predicted molar refractivity (Wildman–Crippen MR) is 135 cm³/mol. The minimum Gasteiger partial charge on any atom is -0.450 e. The number of nitrogens with zero attached hydrogens (tertiary/aromatic N) is 3. The number of benzene rings is 1. The van der Waals surface area contributed by atoms with Gasteiger partial charge in [-0.1, -0.05) is 19.4 Å². The van der Waals surface area contributed by atoms with Crippen LogP contribution in [0.3, 0.4) is 0 Å². The Hall–Kier alpha value is -2.76. The molecule has 1 aliphatic carbocycles. The van der Waals surface area contributed by atoms with Crippen molar-refractivity contribution in [3.63, 3.8) is 0 Å². The first-order valence-corrected chi connectivity index (χ1v) is 12.5. The van der Waals surface area contributed by atoms with Crippen LogP contribution < -0.4 is 16.6 Å². The maximum Gasteiger partial charge on any atom is 0.407 e. The van der Waals surface area contributed by atoms with Crippen molar-refractivity contribution in [1.82, 2.24) is 19.4 Å². The van der Waals surface area contributed by atoms with Gasteiger partial charge in [-0.2, -0.15) is 0 Å². The second-order valence-corrected chi connectivity index (χ2v) is 9.68. The summed E-state index contributed by atoms with van der Waals surface area (Å²) in [6.07, 6.45) is 4.56. The molecule has 1 N–H and O–H groups in total. The number of nitrogens with one attached hydrogen (secondary N) is 1. The van der Waals surface area contributed by atoms with Crippen LogP contribution in [0.25, 0.3) is 16.7 Å². The van der Waals surface area contributed by atoms with Crippen molar-refractivity contribution >= 4 is 39.7 Å². The summed E-state index contributed by atoms with van der Waals surface area (Å²) in [4.78, 5) is 43.0. The molecule has 180 valence electrons. The van der Waals surface area contributed by atoms with Gasteiger partial charge in [0.15, 0.2) is 5.65 Å². The Kier molecular flexibility index (Phi) is 7.64. The molecule has 1 aliphatic rings. The molecular weight excluding hydrogens is 554 g/mol. The molecule has 1 aromatic carbocycles. The van der Waals surface area contributed by atoms with E-state index in [1.54, 1.807) is 6.07 Å². The Morgan fingerprint density at radius 3 is 2.71 bits per heavy atom. The van der Waals surface area contributed by atoms with Gasteiger partial charge in [-0.25, -0.2) is 23.5 Å². The fourth-order valence-electron chi connectivity index (χ4n) is 4.35. The lowest BCUT2D eigenvalue weighted by molar-refractivity contribution is 0.136. The molecule has 0 unspecified atom stereocenters. The first-order chi connectivity index (χ1) is 16.4.